The van der Waals surface area contributed by atoms with Crippen molar-refractivity contribution in [3.63, 3.8) is 0 Å². The zero-order valence-electron chi connectivity index (χ0n) is 12.6. The molecule has 20 heavy (non-hydrogen) atoms. The molecular formula is C15H25N3O2. The number of aromatic nitrogens is 1. The smallest absolute Gasteiger partial charge is 0.248 e. The zero-order chi connectivity index (χ0) is 14.8. The normalized spacial score (nSPS) is 21.6. The van der Waals surface area contributed by atoms with Crippen molar-refractivity contribution in [3.05, 3.63) is 33.7 Å². The van der Waals surface area contributed by atoms with E-state index in [4.69, 9.17) is 0 Å². The highest BCUT2D eigenvalue weighted by molar-refractivity contribution is 5.26. The van der Waals surface area contributed by atoms with Gasteiger partial charge in [0.05, 0.1) is 5.60 Å². The van der Waals surface area contributed by atoms with E-state index in [1.807, 2.05) is 32.0 Å². The first kappa shape index (κ1) is 15.2. The number of nitrogens with zero attached hydrogens (tertiary/aromatic N) is 1. The van der Waals surface area contributed by atoms with Gasteiger partial charge in [0.15, 0.2) is 0 Å². The van der Waals surface area contributed by atoms with Gasteiger partial charge in [0.1, 0.15) is 0 Å². The van der Waals surface area contributed by atoms with Crippen molar-refractivity contribution in [2.45, 2.75) is 37.8 Å². The van der Waals surface area contributed by atoms with E-state index in [-0.39, 0.29) is 11.6 Å². The molecule has 1 aromatic rings. The van der Waals surface area contributed by atoms with Crippen LogP contribution in [0.25, 0.3) is 0 Å². The van der Waals surface area contributed by atoms with Crippen LogP contribution >= 0.6 is 0 Å². The van der Waals surface area contributed by atoms with E-state index in [0.717, 1.165) is 30.5 Å². The molecule has 0 aromatic carbocycles. The summed E-state index contributed by atoms with van der Waals surface area (Å²) in [4.78, 5) is 16.3. The van der Waals surface area contributed by atoms with Gasteiger partial charge in [-0.25, -0.2) is 0 Å². The largest absolute Gasteiger partial charge is 0.388 e. The monoisotopic (exact) mass is 279 g/mol. The maximum atomic E-state index is 11.4. The molecule has 5 nitrogen and oxygen atoms in total. The average Bonchev–Trinajstić information content (AvgIpc) is 2.34. The predicted molar refractivity (Wildman–Crippen MR) is 79.9 cm³/mol. The lowest BCUT2D eigenvalue weighted by molar-refractivity contribution is 0.0307. The van der Waals surface area contributed by atoms with Gasteiger partial charge < -0.3 is 20.3 Å². The van der Waals surface area contributed by atoms with E-state index >= 15 is 0 Å². The Bertz CT molecular complexity index is 508. The Hall–Kier alpha value is -1.17. The van der Waals surface area contributed by atoms with Crippen molar-refractivity contribution in [1.29, 1.82) is 0 Å². The van der Waals surface area contributed by atoms with Crippen LogP contribution in [0, 0.1) is 0 Å². The topological polar surface area (TPSA) is 68.4 Å². The van der Waals surface area contributed by atoms with Gasteiger partial charge in [0, 0.05) is 30.9 Å². The lowest BCUT2D eigenvalue weighted by Crippen LogP contribution is -2.46. The number of aromatic amines is 1. The van der Waals surface area contributed by atoms with Gasteiger partial charge in [-0.2, -0.15) is 0 Å². The van der Waals surface area contributed by atoms with Gasteiger partial charge >= 0.3 is 0 Å². The molecule has 112 valence electrons. The average molecular weight is 279 g/mol. The minimum atomic E-state index is -0.761. The third-order valence-electron chi connectivity index (χ3n) is 3.72. The number of nitrogens with one attached hydrogen (secondary N) is 2. The van der Waals surface area contributed by atoms with Crippen molar-refractivity contribution >= 4 is 0 Å². The number of fused-ring (bicyclic) bond motifs is 1. The summed E-state index contributed by atoms with van der Waals surface area (Å²) < 4.78 is 0. The molecule has 2 atom stereocenters. The number of aryl methyl sites for hydroxylation is 1. The van der Waals surface area contributed by atoms with Crippen molar-refractivity contribution < 1.29 is 5.11 Å². The summed E-state index contributed by atoms with van der Waals surface area (Å²) in [6, 6.07) is 3.70. The molecule has 1 aliphatic rings. The molecule has 0 saturated heterocycles. The maximum Gasteiger partial charge on any atom is 0.248 e. The van der Waals surface area contributed by atoms with Gasteiger partial charge in [-0.05, 0) is 45.8 Å². The van der Waals surface area contributed by atoms with Gasteiger partial charge in [0.2, 0.25) is 5.56 Å². The lowest BCUT2D eigenvalue weighted by Gasteiger charge is -2.32. The first-order valence-corrected chi connectivity index (χ1v) is 7.20. The minimum absolute atomic E-state index is 0.0380. The van der Waals surface area contributed by atoms with Crippen LogP contribution < -0.4 is 10.9 Å². The van der Waals surface area contributed by atoms with Crippen LogP contribution in [0.3, 0.4) is 0 Å². The summed E-state index contributed by atoms with van der Waals surface area (Å²) >= 11 is 0. The molecule has 0 bridgehead atoms. The van der Waals surface area contributed by atoms with Crippen LogP contribution in [0.15, 0.2) is 16.9 Å². The van der Waals surface area contributed by atoms with E-state index in [2.05, 4.69) is 10.3 Å². The van der Waals surface area contributed by atoms with Crippen LogP contribution in [-0.4, -0.2) is 47.8 Å². The first-order chi connectivity index (χ1) is 9.37. The van der Waals surface area contributed by atoms with Gasteiger partial charge in [-0.3, -0.25) is 4.79 Å². The number of hydrogen-bond acceptors (Lipinski definition) is 4. The third kappa shape index (κ3) is 3.91. The summed E-state index contributed by atoms with van der Waals surface area (Å²) in [7, 11) is 3.91. The minimum Gasteiger partial charge on any atom is -0.388 e. The summed E-state index contributed by atoms with van der Waals surface area (Å²) in [5.41, 5.74) is 1.40. The Labute approximate surface area is 120 Å². The number of rotatable bonds is 5. The summed E-state index contributed by atoms with van der Waals surface area (Å²) in [6.45, 7) is 3.00. The first-order valence-electron chi connectivity index (χ1n) is 7.20. The second kappa shape index (κ2) is 6.08. The molecule has 3 N–H and O–H groups in total. The van der Waals surface area contributed by atoms with Crippen molar-refractivity contribution in [2.24, 2.45) is 0 Å². The predicted octanol–water partition coefficient (Wildman–Crippen LogP) is 0.654. The highest BCUT2D eigenvalue weighted by Gasteiger charge is 2.25. The van der Waals surface area contributed by atoms with Crippen molar-refractivity contribution in [3.8, 4) is 0 Å². The third-order valence-corrected chi connectivity index (χ3v) is 3.72. The fraction of sp³-hybridized carbons (Fsp3) is 0.667. The van der Waals surface area contributed by atoms with Crippen LogP contribution in [0.2, 0.25) is 0 Å². The maximum absolute atomic E-state index is 11.4. The van der Waals surface area contributed by atoms with E-state index in [0.29, 0.717) is 13.1 Å². The Morgan fingerprint density at radius 1 is 1.50 bits per heavy atom. The number of H-pyrrole nitrogens is 1. The quantitative estimate of drug-likeness (QED) is 0.740. The van der Waals surface area contributed by atoms with Crippen LogP contribution in [0.1, 0.15) is 37.1 Å². The van der Waals surface area contributed by atoms with E-state index < -0.39 is 5.60 Å². The SMILES string of the molecule is CN(C)CC(C)(O)CNC1CCCc2[nH]c(=O)ccc21. The summed E-state index contributed by atoms with van der Waals surface area (Å²) in [5.74, 6) is 0. The lowest BCUT2D eigenvalue weighted by atomic mass is 9.90. The number of pyridine rings is 1. The molecule has 1 heterocycles. The van der Waals surface area contributed by atoms with E-state index in [1.165, 1.54) is 0 Å². The van der Waals surface area contributed by atoms with Crippen molar-refractivity contribution in [1.82, 2.24) is 15.2 Å². The van der Waals surface area contributed by atoms with Crippen LogP contribution in [0.5, 0.6) is 0 Å². The molecule has 0 saturated carbocycles. The molecule has 5 heteroatoms. The molecular weight excluding hydrogens is 254 g/mol. The number of likely N-dealkylation sites (N-methyl/N-ethyl adjacent to an activating group) is 1. The molecule has 1 aliphatic carbocycles. The Balaban J connectivity index is 2.03. The molecule has 0 amide bonds. The van der Waals surface area contributed by atoms with E-state index in [1.54, 1.807) is 6.07 Å². The standard InChI is InChI=1S/C15H25N3O2/c1-15(20,10-18(2)3)9-16-12-5-4-6-13-11(12)7-8-14(19)17-13/h7-8,12,16,20H,4-6,9-10H2,1-3H3,(H,17,19). The van der Waals surface area contributed by atoms with Crippen LogP contribution in [0.4, 0.5) is 0 Å². The molecule has 0 spiro atoms. The highest BCUT2D eigenvalue weighted by Crippen LogP contribution is 2.27. The zero-order valence-corrected chi connectivity index (χ0v) is 12.6. The summed E-state index contributed by atoms with van der Waals surface area (Å²) in [6.07, 6.45) is 3.02. The Morgan fingerprint density at radius 2 is 2.25 bits per heavy atom. The van der Waals surface area contributed by atoms with Gasteiger partial charge in [0.25, 0.3) is 0 Å². The van der Waals surface area contributed by atoms with Gasteiger partial charge in [-0.15, -0.1) is 0 Å². The highest BCUT2D eigenvalue weighted by atomic mass is 16.3. The number of aliphatic hydroxyl groups is 1. The van der Waals surface area contributed by atoms with Crippen molar-refractivity contribution in [2.75, 3.05) is 27.2 Å². The van der Waals surface area contributed by atoms with Crippen LogP contribution in [-0.2, 0) is 6.42 Å². The fourth-order valence-corrected chi connectivity index (χ4v) is 2.99. The molecule has 0 fully saturated rings. The molecule has 0 radical (unpaired) electrons. The second-order valence-electron chi connectivity index (χ2n) is 6.32. The molecule has 0 aliphatic heterocycles. The van der Waals surface area contributed by atoms with E-state index in [9.17, 15) is 9.90 Å². The Morgan fingerprint density at radius 3 is 2.95 bits per heavy atom. The summed E-state index contributed by atoms with van der Waals surface area (Å²) in [5, 5.41) is 13.8. The Kier molecular flexibility index (Phi) is 4.62. The molecule has 2 rings (SSSR count). The molecule has 1 aromatic heterocycles. The second-order valence-corrected chi connectivity index (χ2v) is 6.32. The fourth-order valence-electron chi connectivity index (χ4n) is 2.99. The molecule has 2 unspecified atom stereocenters. The number of hydrogen-bond donors (Lipinski definition) is 3. The van der Waals surface area contributed by atoms with Gasteiger partial charge in [-0.1, -0.05) is 6.07 Å².